The van der Waals surface area contributed by atoms with Gasteiger partial charge in [-0.05, 0) is 55.1 Å². The lowest BCUT2D eigenvalue weighted by molar-refractivity contribution is 0.0956. The van der Waals surface area contributed by atoms with Gasteiger partial charge < -0.3 is 5.32 Å². The summed E-state index contributed by atoms with van der Waals surface area (Å²) >= 11 is 1.76. The number of carbonyl (C=O) groups is 1. The Balaban J connectivity index is 1.41. The molecular formula is C22H28N2OS. The number of nitrogens with one attached hydrogen (secondary N) is 1. The Labute approximate surface area is 161 Å². The number of piperidine rings is 1. The second-order valence-corrected chi connectivity index (χ2v) is 8.27. The van der Waals surface area contributed by atoms with Crippen molar-refractivity contribution in [3.05, 3.63) is 65.7 Å². The Morgan fingerprint density at radius 2 is 1.92 bits per heavy atom. The molecule has 0 aliphatic carbocycles. The minimum absolute atomic E-state index is 0.0109. The molecule has 138 valence electrons. The zero-order valence-corrected chi connectivity index (χ0v) is 16.3. The average molecular weight is 369 g/mol. The van der Waals surface area contributed by atoms with Crippen LogP contribution in [0.25, 0.3) is 0 Å². The van der Waals surface area contributed by atoms with Crippen molar-refractivity contribution in [2.24, 2.45) is 5.92 Å². The summed E-state index contributed by atoms with van der Waals surface area (Å²) < 4.78 is 0. The molecule has 1 aliphatic heterocycles. The summed E-state index contributed by atoms with van der Waals surface area (Å²) in [6.07, 6.45) is 2.64. The maximum Gasteiger partial charge on any atom is 0.251 e. The topological polar surface area (TPSA) is 32.3 Å². The molecule has 4 heteroatoms. The van der Waals surface area contributed by atoms with Crippen LogP contribution in [-0.4, -0.2) is 36.2 Å². The number of likely N-dealkylation sites (tertiary alicyclic amines) is 1. The fourth-order valence-corrected chi connectivity index (χ4v) is 4.19. The van der Waals surface area contributed by atoms with Gasteiger partial charge in [-0.25, -0.2) is 0 Å². The highest BCUT2D eigenvalue weighted by Crippen LogP contribution is 2.18. The largest absolute Gasteiger partial charge is 0.351 e. The van der Waals surface area contributed by atoms with Crippen molar-refractivity contribution in [2.75, 3.05) is 25.4 Å². The van der Waals surface area contributed by atoms with E-state index in [0.717, 1.165) is 23.8 Å². The number of nitrogens with zero attached hydrogens (tertiary/aromatic N) is 1. The summed E-state index contributed by atoms with van der Waals surface area (Å²) in [5.74, 6) is 1.68. The number of carbonyl (C=O) groups excluding carboxylic acids is 1. The van der Waals surface area contributed by atoms with Crippen molar-refractivity contribution in [1.29, 1.82) is 0 Å². The SMILES string of the molecule is C[C@@H]1CCCN(Cc2ccc(C(=O)NCCSc3ccccc3)cc2)C1. The minimum Gasteiger partial charge on any atom is -0.351 e. The van der Waals surface area contributed by atoms with E-state index in [2.05, 4.69) is 41.4 Å². The molecule has 1 N–H and O–H groups in total. The standard InChI is InChI=1S/C22H28N2OS/c1-18-6-5-14-24(16-18)17-19-9-11-20(12-10-19)22(25)23-13-15-26-21-7-3-2-4-8-21/h2-4,7-12,18H,5-6,13-17H2,1H3,(H,23,25)/t18-/m1/s1. The molecule has 1 amide bonds. The van der Waals surface area contributed by atoms with Gasteiger partial charge in [0.1, 0.15) is 0 Å². The molecule has 0 bridgehead atoms. The zero-order chi connectivity index (χ0) is 18.2. The van der Waals surface area contributed by atoms with Crippen molar-refractivity contribution < 1.29 is 4.79 Å². The van der Waals surface area contributed by atoms with E-state index in [4.69, 9.17) is 0 Å². The molecule has 0 aromatic heterocycles. The fourth-order valence-electron chi connectivity index (χ4n) is 3.40. The van der Waals surface area contributed by atoms with E-state index < -0.39 is 0 Å². The first kappa shape index (κ1) is 19.0. The molecule has 0 spiro atoms. The van der Waals surface area contributed by atoms with Gasteiger partial charge >= 0.3 is 0 Å². The highest BCUT2D eigenvalue weighted by molar-refractivity contribution is 7.99. The Bertz CT molecular complexity index is 687. The van der Waals surface area contributed by atoms with Crippen molar-refractivity contribution in [3.8, 4) is 0 Å². The molecule has 3 rings (SSSR count). The van der Waals surface area contributed by atoms with Gasteiger partial charge in [-0.1, -0.05) is 37.3 Å². The lowest BCUT2D eigenvalue weighted by Crippen LogP contribution is -2.33. The summed E-state index contributed by atoms with van der Waals surface area (Å²) in [5, 5.41) is 3.01. The summed E-state index contributed by atoms with van der Waals surface area (Å²) in [4.78, 5) is 16.0. The monoisotopic (exact) mass is 368 g/mol. The fraction of sp³-hybridized carbons (Fsp3) is 0.409. The first-order chi connectivity index (χ1) is 12.7. The van der Waals surface area contributed by atoms with Crippen LogP contribution in [0.1, 0.15) is 35.7 Å². The Kier molecular flexibility index (Phi) is 7.15. The molecule has 26 heavy (non-hydrogen) atoms. The molecule has 1 saturated heterocycles. The van der Waals surface area contributed by atoms with Crippen LogP contribution in [0.2, 0.25) is 0 Å². The van der Waals surface area contributed by atoms with Crippen LogP contribution in [0, 0.1) is 5.92 Å². The quantitative estimate of drug-likeness (QED) is 0.579. The molecule has 1 atom stereocenters. The molecule has 1 aliphatic rings. The highest BCUT2D eigenvalue weighted by Gasteiger charge is 2.16. The van der Waals surface area contributed by atoms with Gasteiger partial charge in [0.2, 0.25) is 0 Å². The van der Waals surface area contributed by atoms with E-state index >= 15 is 0 Å². The molecule has 3 nitrogen and oxygen atoms in total. The van der Waals surface area contributed by atoms with Gasteiger partial charge in [-0.2, -0.15) is 0 Å². The van der Waals surface area contributed by atoms with Gasteiger partial charge in [-0.15, -0.1) is 11.8 Å². The maximum absolute atomic E-state index is 12.3. The molecule has 1 fully saturated rings. The number of thioether (sulfide) groups is 1. The molecule has 2 aromatic rings. The molecular weight excluding hydrogens is 340 g/mol. The van der Waals surface area contributed by atoms with Crippen molar-refractivity contribution in [2.45, 2.75) is 31.2 Å². The lowest BCUT2D eigenvalue weighted by Gasteiger charge is -2.30. The Morgan fingerprint density at radius 1 is 1.15 bits per heavy atom. The van der Waals surface area contributed by atoms with E-state index in [-0.39, 0.29) is 5.91 Å². The molecule has 2 aromatic carbocycles. The van der Waals surface area contributed by atoms with Crippen LogP contribution in [0.4, 0.5) is 0 Å². The Morgan fingerprint density at radius 3 is 2.65 bits per heavy atom. The molecule has 1 heterocycles. The Hall–Kier alpha value is -1.78. The van der Waals surface area contributed by atoms with Gasteiger partial charge in [-0.3, -0.25) is 9.69 Å². The predicted octanol–water partition coefficient (Wildman–Crippen LogP) is 4.44. The predicted molar refractivity (Wildman–Crippen MR) is 110 cm³/mol. The number of amides is 1. The van der Waals surface area contributed by atoms with Gasteiger partial charge in [0.25, 0.3) is 5.91 Å². The number of hydrogen-bond acceptors (Lipinski definition) is 3. The van der Waals surface area contributed by atoms with Crippen molar-refractivity contribution in [1.82, 2.24) is 10.2 Å². The van der Waals surface area contributed by atoms with Crippen LogP contribution in [0.15, 0.2) is 59.5 Å². The van der Waals surface area contributed by atoms with Crippen molar-refractivity contribution in [3.63, 3.8) is 0 Å². The third kappa shape index (κ3) is 5.89. The second-order valence-electron chi connectivity index (χ2n) is 7.10. The number of hydrogen-bond donors (Lipinski definition) is 1. The third-order valence-corrected chi connectivity index (χ3v) is 5.78. The summed E-state index contributed by atoms with van der Waals surface area (Å²) in [6, 6.07) is 18.3. The first-order valence-electron chi connectivity index (χ1n) is 9.48. The normalized spacial score (nSPS) is 17.8. The van der Waals surface area contributed by atoms with Crippen LogP contribution < -0.4 is 5.32 Å². The van der Waals surface area contributed by atoms with Gasteiger partial charge in [0.05, 0.1) is 0 Å². The zero-order valence-electron chi connectivity index (χ0n) is 15.5. The van der Waals surface area contributed by atoms with E-state index in [1.54, 1.807) is 11.8 Å². The highest BCUT2D eigenvalue weighted by atomic mass is 32.2. The van der Waals surface area contributed by atoms with Gasteiger partial charge in [0, 0.05) is 35.8 Å². The average Bonchev–Trinajstić information content (AvgIpc) is 2.66. The first-order valence-corrected chi connectivity index (χ1v) is 10.5. The van der Waals surface area contributed by atoms with E-state index in [9.17, 15) is 4.79 Å². The third-order valence-electron chi connectivity index (χ3n) is 4.76. The second kappa shape index (κ2) is 9.79. The summed E-state index contributed by atoms with van der Waals surface area (Å²) in [5.41, 5.74) is 2.03. The minimum atomic E-state index is 0.0109. The smallest absolute Gasteiger partial charge is 0.251 e. The van der Waals surface area contributed by atoms with Crippen LogP contribution >= 0.6 is 11.8 Å². The molecule has 0 radical (unpaired) electrons. The van der Waals surface area contributed by atoms with Crippen molar-refractivity contribution >= 4 is 17.7 Å². The number of benzene rings is 2. The molecule has 0 saturated carbocycles. The maximum atomic E-state index is 12.3. The van der Waals surface area contributed by atoms with E-state index in [1.807, 2.05) is 30.3 Å². The lowest BCUT2D eigenvalue weighted by atomic mass is 9.99. The summed E-state index contributed by atoms with van der Waals surface area (Å²) in [7, 11) is 0. The number of rotatable bonds is 7. The van der Waals surface area contributed by atoms with Crippen LogP contribution in [-0.2, 0) is 6.54 Å². The van der Waals surface area contributed by atoms with E-state index in [1.165, 1.54) is 36.4 Å². The van der Waals surface area contributed by atoms with E-state index in [0.29, 0.717) is 6.54 Å². The summed E-state index contributed by atoms with van der Waals surface area (Å²) in [6.45, 7) is 6.36. The van der Waals surface area contributed by atoms with Crippen LogP contribution in [0.3, 0.4) is 0 Å². The molecule has 0 unspecified atom stereocenters. The van der Waals surface area contributed by atoms with Gasteiger partial charge in [0.15, 0.2) is 0 Å². The van der Waals surface area contributed by atoms with Crippen LogP contribution in [0.5, 0.6) is 0 Å².